The molecule has 0 aliphatic carbocycles. The van der Waals surface area contributed by atoms with Gasteiger partial charge in [-0.1, -0.05) is 6.42 Å². The molecular formula is C13H18F2N2. The number of halogens is 2. The van der Waals surface area contributed by atoms with Gasteiger partial charge in [0, 0.05) is 12.6 Å². The molecule has 1 N–H and O–H groups in total. The zero-order chi connectivity index (χ0) is 12.3. The minimum absolute atomic E-state index is 0.254. The summed E-state index contributed by atoms with van der Waals surface area (Å²) < 4.78 is 26.4. The van der Waals surface area contributed by atoms with Crippen molar-refractivity contribution in [3.05, 3.63) is 29.8 Å². The van der Waals surface area contributed by atoms with Crippen LogP contribution in [0.2, 0.25) is 0 Å². The van der Waals surface area contributed by atoms with Crippen molar-refractivity contribution >= 4 is 5.69 Å². The normalized spacial score (nSPS) is 21.5. The molecule has 0 bridgehead atoms. The second-order valence-electron chi connectivity index (χ2n) is 4.64. The quantitative estimate of drug-likeness (QED) is 0.874. The predicted molar refractivity (Wildman–Crippen MR) is 65.1 cm³/mol. The number of piperidine rings is 1. The molecule has 1 fully saturated rings. The van der Waals surface area contributed by atoms with Crippen molar-refractivity contribution in [1.29, 1.82) is 0 Å². The molecule has 1 aliphatic rings. The maximum Gasteiger partial charge on any atom is 0.146 e. The van der Waals surface area contributed by atoms with Crippen molar-refractivity contribution in [1.82, 2.24) is 4.90 Å². The summed E-state index contributed by atoms with van der Waals surface area (Å²) in [5.74, 6) is -0.809. The van der Waals surface area contributed by atoms with Gasteiger partial charge in [0.1, 0.15) is 11.6 Å². The van der Waals surface area contributed by atoms with Crippen LogP contribution in [0.15, 0.2) is 18.2 Å². The molecule has 1 unspecified atom stereocenters. The highest BCUT2D eigenvalue weighted by molar-refractivity contribution is 5.44. The molecule has 1 saturated heterocycles. The maximum absolute atomic E-state index is 13.4. The monoisotopic (exact) mass is 240 g/mol. The van der Waals surface area contributed by atoms with Gasteiger partial charge in [0.25, 0.3) is 0 Å². The topological polar surface area (TPSA) is 15.3 Å². The molecule has 0 spiro atoms. The predicted octanol–water partition coefficient (Wildman–Crippen LogP) is 2.86. The van der Waals surface area contributed by atoms with E-state index in [1.54, 1.807) is 0 Å². The number of hydrogen-bond acceptors (Lipinski definition) is 2. The molecular weight excluding hydrogens is 222 g/mol. The summed E-state index contributed by atoms with van der Waals surface area (Å²) in [6.45, 7) is 1.74. The van der Waals surface area contributed by atoms with E-state index in [0.29, 0.717) is 12.6 Å². The van der Waals surface area contributed by atoms with E-state index >= 15 is 0 Å². The van der Waals surface area contributed by atoms with E-state index < -0.39 is 11.6 Å². The lowest BCUT2D eigenvalue weighted by molar-refractivity contribution is 0.194. The molecule has 1 heterocycles. The first kappa shape index (κ1) is 12.3. The SMILES string of the molecule is CN1CCCCC1CNc1cc(F)ccc1F. The maximum atomic E-state index is 13.4. The molecule has 2 nitrogen and oxygen atoms in total. The van der Waals surface area contributed by atoms with E-state index in [9.17, 15) is 8.78 Å². The number of nitrogens with one attached hydrogen (secondary N) is 1. The first-order chi connectivity index (χ1) is 8.16. The summed E-state index contributed by atoms with van der Waals surface area (Å²) in [6.07, 6.45) is 3.55. The average Bonchev–Trinajstić information content (AvgIpc) is 2.32. The van der Waals surface area contributed by atoms with Crippen LogP contribution in [0, 0.1) is 11.6 Å². The third-order valence-electron chi connectivity index (χ3n) is 3.38. The zero-order valence-electron chi connectivity index (χ0n) is 10.0. The van der Waals surface area contributed by atoms with Crippen LogP contribution in [0.5, 0.6) is 0 Å². The Morgan fingerprint density at radius 1 is 1.35 bits per heavy atom. The molecule has 1 atom stereocenters. The number of benzene rings is 1. The number of nitrogens with zero attached hydrogens (tertiary/aromatic N) is 1. The molecule has 0 saturated carbocycles. The largest absolute Gasteiger partial charge is 0.381 e. The Morgan fingerprint density at radius 3 is 2.94 bits per heavy atom. The van der Waals surface area contributed by atoms with Gasteiger partial charge in [0.15, 0.2) is 0 Å². The average molecular weight is 240 g/mol. The summed E-state index contributed by atoms with van der Waals surface area (Å²) in [5, 5.41) is 3.00. The van der Waals surface area contributed by atoms with Crippen LogP contribution < -0.4 is 5.32 Å². The van der Waals surface area contributed by atoms with Gasteiger partial charge in [-0.25, -0.2) is 8.78 Å². The summed E-state index contributed by atoms with van der Waals surface area (Å²) in [5.41, 5.74) is 0.254. The van der Waals surface area contributed by atoms with Crippen LogP contribution >= 0.6 is 0 Å². The standard InChI is InChI=1S/C13H18F2N2/c1-17-7-3-2-4-11(17)9-16-13-8-10(14)5-6-12(13)15/h5-6,8,11,16H,2-4,7,9H2,1H3. The summed E-state index contributed by atoms with van der Waals surface area (Å²) in [4.78, 5) is 2.27. The van der Waals surface area contributed by atoms with Crippen molar-refractivity contribution < 1.29 is 8.78 Å². The highest BCUT2D eigenvalue weighted by Crippen LogP contribution is 2.18. The second-order valence-corrected chi connectivity index (χ2v) is 4.64. The van der Waals surface area contributed by atoms with E-state index in [-0.39, 0.29) is 5.69 Å². The molecule has 1 aromatic rings. The molecule has 0 amide bonds. The Hall–Kier alpha value is -1.16. The summed E-state index contributed by atoms with van der Waals surface area (Å²) >= 11 is 0. The van der Waals surface area contributed by atoms with Gasteiger partial charge in [-0.3, -0.25) is 0 Å². The van der Waals surface area contributed by atoms with Gasteiger partial charge in [0.2, 0.25) is 0 Å². The Kier molecular flexibility index (Phi) is 3.94. The van der Waals surface area contributed by atoms with Gasteiger partial charge in [-0.15, -0.1) is 0 Å². The van der Waals surface area contributed by atoms with E-state index in [1.807, 2.05) is 0 Å². The molecule has 0 radical (unpaired) electrons. The van der Waals surface area contributed by atoms with Crippen LogP contribution in [0.4, 0.5) is 14.5 Å². The van der Waals surface area contributed by atoms with Gasteiger partial charge in [-0.2, -0.15) is 0 Å². The third kappa shape index (κ3) is 3.16. The van der Waals surface area contributed by atoms with E-state index in [2.05, 4.69) is 17.3 Å². The molecule has 17 heavy (non-hydrogen) atoms. The van der Waals surface area contributed by atoms with Crippen molar-refractivity contribution in [2.45, 2.75) is 25.3 Å². The fourth-order valence-corrected chi connectivity index (χ4v) is 2.26. The molecule has 4 heteroatoms. The van der Waals surface area contributed by atoms with Gasteiger partial charge < -0.3 is 10.2 Å². The van der Waals surface area contributed by atoms with Crippen molar-refractivity contribution in [2.24, 2.45) is 0 Å². The minimum Gasteiger partial charge on any atom is -0.381 e. The van der Waals surface area contributed by atoms with Crippen molar-refractivity contribution in [2.75, 3.05) is 25.5 Å². The van der Waals surface area contributed by atoms with Crippen LogP contribution in [0.25, 0.3) is 0 Å². The van der Waals surface area contributed by atoms with Crippen LogP contribution in [0.1, 0.15) is 19.3 Å². The van der Waals surface area contributed by atoms with E-state index in [0.717, 1.165) is 25.1 Å². The first-order valence-electron chi connectivity index (χ1n) is 6.06. The number of rotatable bonds is 3. The minimum atomic E-state index is -0.411. The van der Waals surface area contributed by atoms with E-state index in [4.69, 9.17) is 0 Å². The number of likely N-dealkylation sites (N-methyl/N-ethyl adjacent to an activating group) is 1. The Bertz CT molecular complexity index is 382. The molecule has 0 aromatic heterocycles. The van der Waals surface area contributed by atoms with Crippen molar-refractivity contribution in [3.63, 3.8) is 0 Å². The van der Waals surface area contributed by atoms with Crippen LogP contribution in [-0.4, -0.2) is 31.1 Å². The number of anilines is 1. The lowest BCUT2D eigenvalue weighted by Gasteiger charge is -2.32. The number of hydrogen-bond donors (Lipinski definition) is 1. The summed E-state index contributed by atoms with van der Waals surface area (Å²) in [7, 11) is 2.08. The first-order valence-corrected chi connectivity index (χ1v) is 6.06. The summed E-state index contributed by atoms with van der Waals surface area (Å²) in [6, 6.07) is 3.90. The Morgan fingerprint density at radius 2 is 2.18 bits per heavy atom. The fourth-order valence-electron chi connectivity index (χ4n) is 2.26. The smallest absolute Gasteiger partial charge is 0.146 e. The lowest BCUT2D eigenvalue weighted by Crippen LogP contribution is -2.40. The highest BCUT2D eigenvalue weighted by Gasteiger charge is 2.18. The molecule has 94 valence electrons. The Labute approximate surface area is 101 Å². The molecule has 1 aliphatic heterocycles. The molecule has 1 aromatic carbocycles. The zero-order valence-corrected chi connectivity index (χ0v) is 10.0. The van der Waals surface area contributed by atoms with Gasteiger partial charge in [0.05, 0.1) is 5.69 Å². The van der Waals surface area contributed by atoms with E-state index in [1.165, 1.54) is 18.9 Å². The highest BCUT2D eigenvalue weighted by atomic mass is 19.1. The second kappa shape index (κ2) is 5.45. The number of likely N-dealkylation sites (tertiary alicyclic amines) is 1. The lowest BCUT2D eigenvalue weighted by atomic mass is 10.0. The van der Waals surface area contributed by atoms with Crippen LogP contribution in [-0.2, 0) is 0 Å². The van der Waals surface area contributed by atoms with Gasteiger partial charge >= 0.3 is 0 Å². The van der Waals surface area contributed by atoms with Crippen LogP contribution in [0.3, 0.4) is 0 Å². The van der Waals surface area contributed by atoms with Gasteiger partial charge in [-0.05, 0) is 44.6 Å². The molecule has 2 rings (SSSR count). The third-order valence-corrected chi connectivity index (χ3v) is 3.38. The van der Waals surface area contributed by atoms with Crippen molar-refractivity contribution in [3.8, 4) is 0 Å². The fraction of sp³-hybridized carbons (Fsp3) is 0.538. The Balaban J connectivity index is 1.94.